The maximum Gasteiger partial charge on any atom is 0.416 e. The zero-order valence-corrected chi connectivity index (χ0v) is 11.8. The molecule has 4 nitrogen and oxygen atoms in total. The van der Waals surface area contributed by atoms with Gasteiger partial charge in [0.05, 0.1) is 11.1 Å². The Morgan fingerprint density at radius 1 is 1.45 bits per heavy atom. The smallest absolute Gasteiger partial charge is 0.398 e. The Morgan fingerprint density at radius 2 is 2.05 bits per heavy atom. The lowest BCUT2D eigenvalue weighted by Crippen LogP contribution is -2.36. The van der Waals surface area contributed by atoms with Crippen LogP contribution in [-0.4, -0.2) is 28.2 Å². The zero-order valence-electron chi connectivity index (χ0n) is 11.0. The van der Waals surface area contributed by atoms with Crippen molar-refractivity contribution in [2.45, 2.75) is 19.1 Å². The van der Waals surface area contributed by atoms with Crippen molar-refractivity contribution in [2.24, 2.45) is 0 Å². The molecular weight excluding hydrogens is 293 g/mol. The Bertz CT molecular complexity index is 532. The summed E-state index contributed by atoms with van der Waals surface area (Å²) < 4.78 is 48.8. The second-order valence-electron chi connectivity index (χ2n) is 4.41. The fourth-order valence-electron chi connectivity index (χ4n) is 1.62. The molecule has 0 aliphatic heterocycles. The second kappa shape index (κ2) is 6.25. The van der Waals surface area contributed by atoms with Crippen LogP contribution < -0.4 is 11.1 Å². The molecule has 0 aliphatic carbocycles. The molecule has 20 heavy (non-hydrogen) atoms. The number of nitrogens with one attached hydrogen (secondary N) is 1. The molecule has 1 aromatic carbocycles. The van der Waals surface area contributed by atoms with Gasteiger partial charge in [-0.15, -0.1) is 0 Å². The molecule has 8 heteroatoms. The van der Waals surface area contributed by atoms with Crippen LogP contribution in [0.5, 0.6) is 0 Å². The van der Waals surface area contributed by atoms with E-state index in [0.29, 0.717) is 6.07 Å². The lowest BCUT2D eigenvalue weighted by molar-refractivity contribution is -0.137. The Kier molecular flexibility index (Phi) is 5.15. The molecule has 2 unspecified atom stereocenters. The molecule has 0 radical (unpaired) electrons. The van der Waals surface area contributed by atoms with Crippen molar-refractivity contribution in [2.75, 3.05) is 17.7 Å². The largest absolute Gasteiger partial charge is 0.416 e. The minimum atomic E-state index is -4.54. The van der Waals surface area contributed by atoms with Crippen LogP contribution in [0.15, 0.2) is 18.2 Å². The fraction of sp³-hybridized carbons (Fsp3) is 0.417. The molecule has 0 aromatic heterocycles. The number of nitrogen functional groups attached to an aromatic ring is 1. The van der Waals surface area contributed by atoms with Gasteiger partial charge in [0.25, 0.3) is 5.91 Å². The van der Waals surface area contributed by atoms with Crippen LogP contribution in [0.1, 0.15) is 22.8 Å². The Labute approximate surface area is 117 Å². The maximum atomic E-state index is 12.6. The van der Waals surface area contributed by atoms with Gasteiger partial charge in [-0.2, -0.15) is 13.2 Å². The van der Waals surface area contributed by atoms with Gasteiger partial charge >= 0.3 is 6.18 Å². The van der Waals surface area contributed by atoms with E-state index in [0.717, 1.165) is 12.1 Å². The minimum Gasteiger partial charge on any atom is -0.398 e. The van der Waals surface area contributed by atoms with Crippen LogP contribution in [0.25, 0.3) is 0 Å². The fourth-order valence-corrected chi connectivity index (χ4v) is 2.41. The normalized spacial score (nSPS) is 14.7. The third-order valence-electron chi connectivity index (χ3n) is 2.49. The van der Waals surface area contributed by atoms with E-state index in [1.165, 1.54) is 6.26 Å². The summed E-state index contributed by atoms with van der Waals surface area (Å²) in [5.74, 6) is -0.503. The summed E-state index contributed by atoms with van der Waals surface area (Å²) in [6, 6.07) is 2.14. The monoisotopic (exact) mass is 308 g/mol. The minimum absolute atomic E-state index is 0.0414. The van der Waals surface area contributed by atoms with Crippen molar-refractivity contribution in [3.8, 4) is 0 Å². The van der Waals surface area contributed by atoms with Crippen molar-refractivity contribution in [1.29, 1.82) is 0 Å². The summed E-state index contributed by atoms with van der Waals surface area (Å²) in [4.78, 5) is 11.9. The van der Waals surface area contributed by atoms with Gasteiger partial charge in [0.15, 0.2) is 0 Å². The molecule has 1 amide bonds. The van der Waals surface area contributed by atoms with Crippen LogP contribution in [0.4, 0.5) is 18.9 Å². The number of hydrogen-bond acceptors (Lipinski definition) is 3. The van der Waals surface area contributed by atoms with E-state index in [9.17, 15) is 22.2 Å². The summed E-state index contributed by atoms with van der Waals surface area (Å²) in [6.07, 6.45) is -3.07. The molecule has 2 atom stereocenters. The lowest BCUT2D eigenvalue weighted by Gasteiger charge is -2.15. The van der Waals surface area contributed by atoms with Gasteiger partial charge < -0.3 is 11.1 Å². The third kappa shape index (κ3) is 4.52. The molecule has 1 rings (SSSR count). The number of anilines is 1. The predicted octanol–water partition coefficient (Wildman–Crippen LogP) is 1.78. The summed E-state index contributed by atoms with van der Waals surface area (Å²) >= 11 is 0. The average molecular weight is 308 g/mol. The van der Waals surface area contributed by atoms with E-state index >= 15 is 0 Å². The van der Waals surface area contributed by atoms with Crippen LogP contribution in [0.2, 0.25) is 0 Å². The van der Waals surface area contributed by atoms with Gasteiger partial charge in [0.2, 0.25) is 0 Å². The van der Waals surface area contributed by atoms with Crippen LogP contribution in [-0.2, 0) is 17.0 Å². The quantitative estimate of drug-likeness (QED) is 0.833. The number of benzene rings is 1. The van der Waals surface area contributed by atoms with Crippen molar-refractivity contribution in [1.82, 2.24) is 5.32 Å². The maximum absolute atomic E-state index is 12.6. The molecule has 0 fully saturated rings. The van der Waals surface area contributed by atoms with Crippen molar-refractivity contribution in [3.05, 3.63) is 29.3 Å². The van der Waals surface area contributed by atoms with E-state index in [1.807, 2.05) is 0 Å². The second-order valence-corrected chi connectivity index (χ2v) is 5.89. The van der Waals surface area contributed by atoms with Gasteiger partial charge in [0, 0.05) is 34.5 Å². The van der Waals surface area contributed by atoms with E-state index in [1.54, 1.807) is 6.92 Å². The Morgan fingerprint density at radius 3 is 2.55 bits per heavy atom. The topological polar surface area (TPSA) is 72.2 Å². The molecule has 0 bridgehead atoms. The highest BCUT2D eigenvalue weighted by molar-refractivity contribution is 7.84. The highest BCUT2D eigenvalue weighted by Gasteiger charge is 2.31. The van der Waals surface area contributed by atoms with Crippen molar-refractivity contribution >= 4 is 22.4 Å². The first kappa shape index (κ1) is 16.5. The Balaban J connectivity index is 2.95. The number of amides is 1. The molecule has 112 valence electrons. The van der Waals surface area contributed by atoms with Crippen molar-refractivity contribution < 1.29 is 22.2 Å². The first-order valence-electron chi connectivity index (χ1n) is 5.69. The third-order valence-corrected chi connectivity index (χ3v) is 3.46. The van der Waals surface area contributed by atoms with Gasteiger partial charge in [-0.1, -0.05) is 0 Å². The number of nitrogens with two attached hydrogens (primary N) is 1. The Hall–Kier alpha value is -1.57. The molecule has 3 N–H and O–H groups in total. The van der Waals surface area contributed by atoms with Gasteiger partial charge in [0.1, 0.15) is 0 Å². The number of rotatable bonds is 4. The average Bonchev–Trinajstić information content (AvgIpc) is 2.26. The molecule has 0 saturated heterocycles. The molecule has 0 aliphatic rings. The van der Waals surface area contributed by atoms with Crippen molar-refractivity contribution in [3.63, 3.8) is 0 Å². The van der Waals surface area contributed by atoms with Gasteiger partial charge in [-0.3, -0.25) is 9.00 Å². The summed E-state index contributed by atoms with van der Waals surface area (Å²) in [7, 11) is -1.12. The summed E-state index contributed by atoms with van der Waals surface area (Å²) in [5.41, 5.74) is 4.30. The van der Waals surface area contributed by atoms with Gasteiger partial charge in [-0.25, -0.2) is 0 Å². The molecule has 0 saturated carbocycles. The van der Waals surface area contributed by atoms with E-state index in [2.05, 4.69) is 5.32 Å². The number of hydrogen-bond donors (Lipinski definition) is 2. The highest BCUT2D eigenvalue weighted by Crippen LogP contribution is 2.31. The van der Waals surface area contributed by atoms with Crippen LogP contribution in [0, 0.1) is 0 Å². The zero-order chi connectivity index (χ0) is 15.5. The molecule has 0 heterocycles. The first-order chi connectivity index (χ1) is 9.11. The molecule has 0 spiro atoms. The number of carbonyl (C=O) groups excluding carboxylic acids is 1. The molecule has 1 aromatic rings. The van der Waals surface area contributed by atoms with Gasteiger partial charge in [-0.05, 0) is 25.1 Å². The lowest BCUT2D eigenvalue weighted by atomic mass is 10.1. The van der Waals surface area contributed by atoms with Crippen LogP contribution in [0.3, 0.4) is 0 Å². The van der Waals surface area contributed by atoms with E-state index < -0.39 is 34.5 Å². The standard InChI is InChI=1S/C12H15F3N2O2S/c1-7(6-20(2)19)17-11(18)9-5-8(12(13,14)15)3-4-10(9)16/h3-5,7H,6,16H2,1-2H3,(H,17,18). The predicted molar refractivity (Wildman–Crippen MR) is 71.7 cm³/mol. The van der Waals surface area contributed by atoms with Crippen LogP contribution >= 0.6 is 0 Å². The number of carbonyl (C=O) groups is 1. The number of alkyl halides is 3. The SMILES string of the molecule is CC(CS(C)=O)NC(=O)c1cc(C(F)(F)F)ccc1N. The number of halogens is 3. The highest BCUT2D eigenvalue weighted by atomic mass is 32.2. The first-order valence-corrected chi connectivity index (χ1v) is 7.41. The summed E-state index contributed by atoms with van der Waals surface area (Å²) in [5, 5.41) is 2.47. The van der Waals surface area contributed by atoms with E-state index in [-0.39, 0.29) is 17.0 Å². The molecular formula is C12H15F3N2O2S. The van der Waals surface area contributed by atoms with E-state index in [4.69, 9.17) is 5.73 Å². The summed E-state index contributed by atoms with van der Waals surface area (Å²) in [6.45, 7) is 1.61.